The number of benzene rings is 1. The first-order valence-electron chi connectivity index (χ1n) is 5.38. The predicted octanol–water partition coefficient (Wildman–Crippen LogP) is 3.95. The van der Waals surface area contributed by atoms with Crippen molar-refractivity contribution in [1.29, 1.82) is 0 Å². The van der Waals surface area contributed by atoms with Crippen LogP contribution in [0.4, 0.5) is 0 Å². The van der Waals surface area contributed by atoms with Crippen LogP contribution in [0.1, 0.15) is 10.4 Å². The fourth-order valence-electron chi connectivity index (χ4n) is 1.47. The van der Waals surface area contributed by atoms with Gasteiger partial charge in [-0.3, -0.25) is 0 Å². The lowest BCUT2D eigenvalue weighted by Gasteiger charge is -2.07. The number of rotatable bonds is 4. The number of thiophene rings is 1. The number of aryl methyl sites for hydroxylation is 1. The molecule has 0 radical (unpaired) electrons. The summed E-state index contributed by atoms with van der Waals surface area (Å²) in [4.78, 5) is 1.20. The normalized spacial score (nSPS) is 11.7. The van der Waals surface area contributed by atoms with Crippen LogP contribution in [0.15, 0.2) is 39.0 Å². The fraction of sp³-hybridized carbons (Fsp3) is 0.167. The van der Waals surface area contributed by atoms with Gasteiger partial charge in [0.15, 0.2) is 0 Å². The topological polar surface area (TPSA) is 46.2 Å². The number of hydrogen-bond donors (Lipinski definition) is 1. The number of hydrogen-bond acceptors (Lipinski definition) is 3. The molecule has 0 amide bonds. The Bertz CT molecular complexity index is 698. The van der Waals surface area contributed by atoms with Crippen LogP contribution in [-0.2, 0) is 16.6 Å². The average molecular weight is 381 g/mol. The van der Waals surface area contributed by atoms with E-state index in [0.29, 0.717) is 16.0 Å². The first-order chi connectivity index (χ1) is 8.90. The Morgan fingerprint density at radius 1 is 1.37 bits per heavy atom. The highest BCUT2D eigenvalue weighted by atomic mass is 79.9. The van der Waals surface area contributed by atoms with Gasteiger partial charge in [0.1, 0.15) is 0 Å². The summed E-state index contributed by atoms with van der Waals surface area (Å²) >= 11 is 10.6. The van der Waals surface area contributed by atoms with Crippen molar-refractivity contribution in [3.8, 4) is 0 Å². The van der Waals surface area contributed by atoms with Gasteiger partial charge >= 0.3 is 0 Å². The second-order valence-electron chi connectivity index (χ2n) is 3.93. The van der Waals surface area contributed by atoms with Crippen LogP contribution in [0, 0.1) is 6.92 Å². The van der Waals surface area contributed by atoms with Crippen molar-refractivity contribution in [2.75, 3.05) is 0 Å². The van der Waals surface area contributed by atoms with E-state index >= 15 is 0 Å². The van der Waals surface area contributed by atoms with Gasteiger partial charge in [0.25, 0.3) is 0 Å². The SMILES string of the molecule is Cc1ccsc1CNS(=O)(=O)c1ccc(Cl)c(Br)c1. The number of halogens is 2. The summed E-state index contributed by atoms with van der Waals surface area (Å²) in [5.74, 6) is 0. The third-order valence-corrected chi connectivity index (χ3v) is 6.23. The van der Waals surface area contributed by atoms with Gasteiger partial charge in [0.05, 0.1) is 9.92 Å². The summed E-state index contributed by atoms with van der Waals surface area (Å²) < 4.78 is 27.4. The summed E-state index contributed by atoms with van der Waals surface area (Å²) in [5, 5.41) is 2.42. The molecular weight excluding hydrogens is 370 g/mol. The zero-order valence-corrected chi connectivity index (χ0v) is 14.0. The van der Waals surface area contributed by atoms with Crippen molar-refractivity contribution in [2.24, 2.45) is 0 Å². The molecule has 0 aliphatic heterocycles. The highest BCUT2D eigenvalue weighted by Gasteiger charge is 2.15. The smallest absolute Gasteiger partial charge is 0.207 e. The predicted molar refractivity (Wildman–Crippen MR) is 82.2 cm³/mol. The number of sulfonamides is 1. The first-order valence-corrected chi connectivity index (χ1v) is 8.91. The van der Waals surface area contributed by atoms with Gasteiger partial charge in [-0.15, -0.1) is 11.3 Å². The Labute approximate surface area is 129 Å². The summed E-state index contributed by atoms with van der Waals surface area (Å²) in [5.41, 5.74) is 1.09. The molecule has 2 aromatic rings. The molecule has 102 valence electrons. The Morgan fingerprint density at radius 3 is 2.68 bits per heavy atom. The molecule has 0 atom stereocenters. The molecule has 0 aliphatic carbocycles. The van der Waals surface area contributed by atoms with E-state index in [2.05, 4.69) is 20.7 Å². The maximum Gasteiger partial charge on any atom is 0.240 e. The van der Waals surface area contributed by atoms with Crippen LogP contribution in [0.5, 0.6) is 0 Å². The van der Waals surface area contributed by atoms with Crippen LogP contribution in [0.25, 0.3) is 0 Å². The molecule has 1 N–H and O–H groups in total. The van der Waals surface area contributed by atoms with Crippen LogP contribution in [0.2, 0.25) is 5.02 Å². The van der Waals surface area contributed by atoms with Crippen LogP contribution < -0.4 is 4.72 Å². The monoisotopic (exact) mass is 379 g/mol. The second kappa shape index (κ2) is 5.93. The lowest BCUT2D eigenvalue weighted by atomic mass is 10.3. The molecule has 19 heavy (non-hydrogen) atoms. The molecule has 7 heteroatoms. The van der Waals surface area contributed by atoms with Crippen molar-refractivity contribution in [3.63, 3.8) is 0 Å². The van der Waals surface area contributed by atoms with Gasteiger partial charge in [0, 0.05) is 15.9 Å². The lowest BCUT2D eigenvalue weighted by molar-refractivity contribution is 0.581. The first kappa shape index (κ1) is 15.0. The zero-order chi connectivity index (χ0) is 14.0. The van der Waals surface area contributed by atoms with Gasteiger partial charge in [-0.25, -0.2) is 13.1 Å². The average Bonchev–Trinajstić information content (AvgIpc) is 2.76. The van der Waals surface area contributed by atoms with E-state index in [9.17, 15) is 8.42 Å². The Morgan fingerprint density at radius 2 is 2.11 bits per heavy atom. The molecule has 1 heterocycles. The van der Waals surface area contributed by atoms with Crippen molar-refractivity contribution in [3.05, 3.63) is 49.6 Å². The van der Waals surface area contributed by atoms with E-state index in [1.807, 2.05) is 18.4 Å². The van der Waals surface area contributed by atoms with Gasteiger partial charge in [-0.05, 0) is 58.1 Å². The molecule has 2 rings (SSSR count). The quantitative estimate of drug-likeness (QED) is 0.873. The molecule has 0 aliphatic rings. The molecular formula is C12H11BrClNO2S2. The standard InChI is InChI=1S/C12H11BrClNO2S2/c1-8-4-5-18-12(8)7-15-19(16,17)9-2-3-11(14)10(13)6-9/h2-6,15H,7H2,1H3. The van der Waals surface area contributed by atoms with Gasteiger partial charge in [-0.2, -0.15) is 0 Å². The summed E-state index contributed by atoms with van der Waals surface area (Å²) in [7, 11) is -3.52. The van der Waals surface area contributed by atoms with E-state index < -0.39 is 10.0 Å². The van der Waals surface area contributed by atoms with E-state index in [4.69, 9.17) is 11.6 Å². The zero-order valence-electron chi connectivity index (χ0n) is 9.98. The van der Waals surface area contributed by atoms with E-state index in [1.54, 1.807) is 6.07 Å². The third kappa shape index (κ3) is 3.58. The Hall–Kier alpha value is -0.400. The van der Waals surface area contributed by atoms with Crippen molar-refractivity contribution in [1.82, 2.24) is 4.72 Å². The molecule has 3 nitrogen and oxygen atoms in total. The molecule has 0 unspecified atom stereocenters. The highest BCUT2D eigenvalue weighted by Crippen LogP contribution is 2.25. The van der Waals surface area contributed by atoms with E-state index in [1.165, 1.54) is 23.5 Å². The van der Waals surface area contributed by atoms with Gasteiger partial charge in [-0.1, -0.05) is 11.6 Å². The van der Waals surface area contributed by atoms with Crippen molar-refractivity contribution < 1.29 is 8.42 Å². The third-order valence-electron chi connectivity index (χ3n) is 2.59. The number of nitrogens with one attached hydrogen (secondary N) is 1. The molecule has 0 saturated heterocycles. The minimum absolute atomic E-state index is 0.193. The Kier molecular flexibility index (Phi) is 4.68. The lowest BCUT2D eigenvalue weighted by Crippen LogP contribution is -2.23. The maximum absolute atomic E-state index is 12.1. The minimum Gasteiger partial charge on any atom is -0.207 e. The van der Waals surface area contributed by atoms with Crippen molar-refractivity contribution >= 4 is 48.9 Å². The summed E-state index contributed by atoms with van der Waals surface area (Å²) in [6.07, 6.45) is 0. The van der Waals surface area contributed by atoms with Crippen LogP contribution in [0.3, 0.4) is 0 Å². The van der Waals surface area contributed by atoms with E-state index in [0.717, 1.165) is 10.4 Å². The molecule has 1 aromatic carbocycles. The van der Waals surface area contributed by atoms with Gasteiger partial charge in [0.2, 0.25) is 10.0 Å². The van der Waals surface area contributed by atoms with Crippen molar-refractivity contribution in [2.45, 2.75) is 18.4 Å². The van der Waals surface area contributed by atoms with Gasteiger partial charge < -0.3 is 0 Å². The maximum atomic E-state index is 12.1. The van der Waals surface area contributed by atoms with E-state index in [-0.39, 0.29) is 4.90 Å². The van der Waals surface area contributed by atoms with Crippen LogP contribution >= 0.6 is 38.9 Å². The molecule has 0 saturated carbocycles. The molecule has 0 fully saturated rings. The highest BCUT2D eigenvalue weighted by molar-refractivity contribution is 9.10. The molecule has 1 aromatic heterocycles. The second-order valence-corrected chi connectivity index (χ2v) is 7.96. The molecule has 0 spiro atoms. The van der Waals surface area contributed by atoms with Crippen LogP contribution in [-0.4, -0.2) is 8.42 Å². The molecule has 0 bridgehead atoms. The minimum atomic E-state index is -3.52. The fourth-order valence-corrected chi connectivity index (χ4v) is 4.08. The largest absolute Gasteiger partial charge is 0.240 e. The Balaban J connectivity index is 2.18. The summed E-state index contributed by atoms with van der Waals surface area (Å²) in [6.45, 7) is 2.26. The summed E-state index contributed by atoms with van der Waals surface area (Å²) in [6, 6.07) is 6.49.